The van der Waals surface area contributed by atoms with Gasteiger partial charge >= 0.3 is 5.97 Å². The molecular formula is C21H22N2O5S2. The highest BCUT2D eigenvalue weighted by atomic mass is 32.2. The SMILES string of the molecule is COc1cccc(-c2nc(COC(=O)CNS(=O)(=O)c3ccc(C)c(C)c3)cs2)c1. The molecule has 0 fully saturated rings. The molecule has 7 nitrogen and oxygen atoms in total. The number of benzene rings is 2. The summed E-state index contributed by atoms with van der Waals surface area (Å²) >= 11 is 1.42. The predicted octanol–water partition coefficient (Wildman–Crippen LogP) is 3.46. The van der Waals surface area contributed by atoms with Gasteiger partial charge in [-0.2, -0.15) is 4.72 Å². The molecular weight excluding hydrogens is 424 g/mol. The Morgan fingerprint density at radius 3 is 2.67 bits per heavy atom. The number of hydrogen-bond acceptors (Lipinski definition) is 7. The summed E-state index contributed by atoms with van der Waals surface area (Å²) in [6, 6.07) is 12.3. The Morgan fingerprint density at radius 2 is 1.93 bits per heavy atom. The second kappa shape index (κ2) is 9.38. The highest BCUT2D eigenvalue weighted by Gasteiger charge is 2.17. The van der Waals surface area contributed by atoms with Crippen molar-refractivity contribution in [3.63, 3.8) is 0 Å². The summed E-state index contributed by atoms with van der Waals surface area (Å²) in [6.45, 7) is 3.23. The zero-order chi connectivity index (χ0) is 21.7. The normalized spacial score (nSPS) is 11.3. The third-order valence-corrected chi connectivity index (χ3v) is 6.78. The lowest BCUT2D eigenvalue weighted by Crippen LogP contribution is -2.30. The van der Waals surface area contributed by atoms with Crippen LogP contribution in [0.5, 0.6) is 5.75 Å². The molecule has 1 aromatic heterocycles. The van der Waals surface area contributed by atoms with Gasteiger partial charge in [0.2, 0.25) is 10.0 Å². The quantitative estimate of drug-likeness (QED) is 0.533. The van der Waals surface area contributed by atoms with Crippen LogP contribution < -0.4 is 9.46 Å². The first-order valence-corrected chi connectivity index (χ1v) is 11.5. The number of aryl methyl sites for hydroxylation is 2. The van der Waals surface area contributed by atoms with E-state index in [1.807, 2.05) is 38.1 Å². The zero-order valence-electron chi connectivity index (χ0n) is 16.8. The van der Waals surface area contributed by atoms with Crippen LogP contribution in [-0.2, 0) is 26.2 Å². The summed E-state index contributed by atoms with van der Waals surface area (Å²) < 4.78 is 37.3. The van der Waals surface area contributed by atoms with E-state index in [1.54, 1.807) is 24.6 Å². The lowest BCUT2D eigenvalue weighted by molar-refractivity contribution is -0.143. The van der Waals surface area contributed by atoms with Gasteiger partial charge in [-0.05, 0) is 49.2 Å². The van der Waals surface area contributed by atoms with Gasteiger partial charge in [-0.3, -0.25) is 4.79 Å². The van der Waals surface area contributed by atoms with Gasteiger partial charge in [0, 0.05) is 10.9 Å². The van der Waals surface area contributed by atoms with Gasteiger partial charge in [0.15, 0.2) is 0 Å². The number of ether oxygens (including phenoxy) is 2. The molecule has 1 N–H and O–H groups in total. The van der Waals surface area contributed by atoms with Crippen molar-refractivity contribution in [1.82, 2.24) is 9.71 Å². The molecule has 0 radical (unpaired) electrons. The number of carbonyl (C=O) groups is 1. The molecule has 3 aromatic rings. The Labute approximate surface area is 179 Å². The van der Waals surface area contributed by atoms with Crippen molar-refractivity contribution < 1.29 is 22.7 Å². The molecule has 0 aliphatic rings. The zero-order valence-corrected chi connectivity index (χ0v) is 18.5. The van der Waals surface area contributed by atoms with E-state index in [-0.39, 0.29) is 11.5 Å². The molecule has 158 valence electrons. The van der Waals surface area contributed by atoms with Gasteiger partial charge in [0.05, 0.1) is 17.7 Å². The third kappa shape index (κ3) is 5.44. The number of esters is 1. The fourth-order valence-electron chi connectivity index (χ4n) is 2.59. The second-order valence-electron chi connectivity index (χ2n) is 6.61. The number of nitrogens with one attached hydrogen (secondary N) is 1. The van der Waals surface area contributed by atoms with Crippen molar-refractivity contribution in [2.24, 2.45) is 0 Å². The van der Waals surface area contributed by atoms with E-state index in [2.05, 4.69) is 9.71 Å². The summed E-state index contributed by atoms with van der Waals surface area (Å²) in [5, 5.41) is 2.57. The molecule has 30 heavy (non-hydrogen) atoms. The number of aromatic nitrogens is 1. The fourth-order valence-corrected chi connectivity index (χ4v) is 4.44. The highest BCUT2D eigenvalue weighted by Crippen LogP contribution is 2.27. The minimum absolute atomic E-state index is 0.0370. The Hall–Kier alpha value is -2.75. The number of nitrogens with zero attached hydrogens (tertiary/aromatic N) is 1. The maximum atomic E-state index is 12.3. The van der Waals surface area contributed by atoms with Crippen LogP contribution in [0.15, 0.2) is 52.7 Å². The van der Waals surface area contributed by atoms with Crippen LogP contribution in [0, 0.1) is 13.8 Å². The number of sulfonamides is 1. The van der Waals surface area contributed by atoms with Crippen LogP contribution in [0.2, 0.25) is 0 Å². The number of thiazole rings is 1. The molecule has 2 aromatic carbocycles. The summed E-state index contributed by atoms with van der Waals surface area (Å²) in [7, 11) is -2.20. The van der Waals surface area contributed by atoms with Gasteiger partial charge in [-0.15, -0.1) is 11.3 Å². The topological polar surface area (TPSA) is 94.6 Å². The van der Waals surface area contributed by atoms with E-state index in [4.69, 9.17) is 9.47 Å². The van der Waals surface area contributed by atoms with Crippen molar-refractivity contribution in [3.05, 3.63) is 64.7 Å². The molecule has 9 heteroatoms. The van der Waals surface area contributed by atoms with E-state index in [9.17, 15) is 13.2 Å². The standard InChI is InChI=1S/C21H22N2O5S2/c1-14-7-8-19(9-15(14)2)30(25,26)22-11-20(24)28-12-17-13-29-21(23-17)16-5-4-6-18(10-16)27-3/h4-10,13,22H,11-12H2,1-3H3. The van der Waals surface area contributed by atoms with E-state index in [1.165, 1.54) is 17.4 Å². The van der Waals surface area contributed by atoms with Crippen LogP contribution in [0.4, 0.5) is 0 Å². The first kappa shape index (κ1) is 21.9. The van der Waals surface area contributed by atoms with Crippen LogP contribution in [0.25, 0.3) is 10.6 Å². The summed E-state index contributed by atoms with van der Waals surface area (Å²) in [5.41, 5.74) is 3.34. The lowest BCUT2D eigenvalue weighted by atomic mass is 10.1. The van der Waals surface area contributed by atoms with Crippen LogP contribution >= 0.6 is 11.3 Å². The predicted molar refractivity (Wildman–Crippen MR) is 115 cm³/mol. The van der Waals surface area contributed by atoms with E-state index in [0.29, 0.717) is 5.69 Å². The third-order valence-electron chi connectivity index (χ3n) is 4.44. The Balaban J connectivity index is 1.55. The van der Waals surface area contributed by atoms with Crippen molar-refractivity contribution in [2.75, 3.05) is 13.7 Å². The minimum Gasteiger partial charge on any atom is -0.497 e. The van der Waals surface area contributed by atoms with Gasteiger partial charge in [-0.1, -0.05) is 18.2 Å². The average molecular weight is 447 g/mol. The van der Waals surface area contributed by atoms with Gasteiger partial charge < -0.3 is 9.47 Å². The Kier molecular flexibility index (Phi) is 6.86. The molecule has 0 spiro atoms. The molecule has 0 bridgehead atoms. The molecule has 0 aliphatic carbocycles. The molecule has 0 saturated carbocycles. The summed E-state index contributed by atoms with van der Waals surface area (Å²) in [4.78, 5) is 16.5. The summed E-state index contributed by atoms with van der Waals surface area (Å²) in [5.74, 6) is 0.0464. The number of hydrogen-bond donors (Lipinski definition) is 1. The maximum absolute atomic E-state index is 12.3. The molecule has 3 rings (SSSR count). The number of methoxy groups -OCH3 is 1. The lowest BCUT2D eigenvalue weighted by Gasteiger charge is -2.08. The van der Waals surface area contributed by atoms with Crippen molar-refractivity contribution >= 4 is 27.3 Å². The van der Waals surface area contributed by atoms with Crippen molar-refractivity contribution in [2.45, 2.75) is 25.3 Å². The molecule has 1 heterocycles. The molecule has 0 aliphatic heterocycles. The molecule has 0 saturated heterocycles. The van der Waals surface area contributed by atoms with Crippen LogP contribution in [-0.4, -0.2) is 33.0 Å². The molecule has 0 atom stereocenters. The first-order valence-electron chi connectivity index (χ1n) is 9.10. The van der Waals surface area contributed by atoms with Crippen LogP contribution in [0.3, 0.4) is 0 Å². The monoisotopic (exact) mass is 446 g/mol. The largest absolute Gasteiger partial charge is 0.497 e. The maximum Gasteiger partial charge on any atom is 0.321 e. The number of carbonyl (C=O) groups excluding carboxylic acids is 1. The van der Waals surface area contributed by atoms with Gasteiger partial charge in [0.25, 0.3) is 0 Å². The molecule has 0 unspecified atom stereocenters. The fraction of sp³-hybridized carbons (Fsp3) is 0.238. The van der Waals surface area contributed by atoms with E-state index in [0.717, 1.165) is 27.4 Å². The Bertz CT molecular complexity index is 1160. The van der Waals surface area contributed by atoms with Crippen molar-refractivity contribution in [3.8, 4) is 16.3 Å². The minimum atomic E-state index is -3.79. The number of rotatable bonds is 8. The van der Waals surface area contributed by atoms with Crippen LogP contribution in [0.1, 0.15) is 16.8 Å². The molecule has 0 amide bonds. The van der Waals surface area contributed by atoms with Gasteiger partial charge in [0.1, 0.15) is 23.9 Å². The Morgan fingerprint density at radius 1 is 1.13 bits per heavy atom. The van der Waals surface area contributed by atoms with Crippen molar-refractivity contribution in [1.29, 1.82) is 0 Å². The average Bonchev–Trinajstić information content (AvgIpc) is 3.22. The highest BCUT2D eigenvalue weighted by molar-refractivity contribution is 7.89. The van der Waals surface area contributed by atoms with E-state index >= 15 is 0 Å². The summed E-state index contributed by atoms with van der Waals surface area (Å²) in [6.07, 6.45) is 0. The smallest absolute Gasteiger partial charge is 0.321 e. The van der Waals surface area contributed by atoms with Gasteiger partial charge in [-0.25, -0.2) is 13.4 Å². The first-order chi connectivity index (χ1) is 14.3. The van der Waals surface area contributed by atoms with E-state index < -0.39 is 22.5 Å². The second-order valence-corrected chi connectivity index (χ2v) is 9.23.